The Bertz CT molecular complexity index is 1210. The Hall–Kier alpha value is -4.20. The Balaban J connectivity index is 1.36. The molecule has 0 aliphatic rings. The van der Waals surface area contributed by atoms with Crippen molar-refractivity contribution < 1.29 is 9.59 Å². The summed E-state index contributed by atoms with van der Waals surface area (Å²) in [5.74, 6) is -0.661. The SMILES string of the molecule is Cc1ccccc1-n1ncc(C(=O)NCC(=O)Nc2ccc(-n3cccn3)cc2)c1C. The van der Waals surface area contributed by atoms with Gasteiger partial charge in [0, 0.05) is 18.1 Å². The van der Waals surface area contributed by atoms with Crippen molar-refractivity contribution in [2.45, 2.75) is 13.8 Å². The topological polar surface area (TPSA) is 93.8 Å². The summed E-state index contributed by atoms with van der Waals surface area (Å²) in [6.07, 6.45) is 5.06. The van der Waals surface area contributed by atoms with Gasteiger partial charge < -0.3 is 10.6 Å². The average Bonchev–Trinajstić information content (AvgIpc) is 3.43. The van der Waals surface area contributed by atoms with Gasteiger partial charge >= 0.3 is 0 Å². The maximum Gasteiger partial charge on any atom is 0.255 e. The lowest BCUT2D eigenvalue weighted by atomic mass is 10.2. The van der Waals surface area contributed by atoms with Crippen molar-refractivity contribution in [3.05, 3.63) is 90.0 Å². The van der Waals surface area contributed by atoms with Gasteiger partial charge in [0.15, 0.2) is 0 Å². The molecule has 2 heterocycles. The highest BCUT2D eigenvalue weighted by Crippen LogP contribution is 2.17. The lowest BCUT2D eigenvalue weighted by molar-refractivity contribution is -0.115. The van der Waals surface area contributed by atoms with Crippen LogP contribution < -0.4 is 10.6 Å². The zero-order valence-corrected chi connectivity index (χ0v) is 17.2. The molecule has 0 bridgehead atoms. The fraction of sp³-hybridized carbons (Fsp3) is 0.130. The summed E-state index contributed by atoms with van der Waals surface area (Å²) >= 11 is 0. The lowest BCUT2D eigenvalue weighted by Gasteiger charge is -2.09. The first-order chi connectivity index (χ1) is 15.0. The lowest BCUT2D eigenvalue weighted by Crippen LogP contribution is -2.33. The van der Waals surface area contributed by atoms with Crippen LogP contribution in [0, 0.1) is 13.8 Å². The number of aryl methyl sites for hydroxylation is 1. The molecule has 0 aliphatic carbocycles. The number of nitrogens with zero attached hydrogens (tertiary/aromatic N) is 4. The Morgan fingerprint density at radius 3 is 2.45 bits per heavy atom. The summed E-state index contributed by atoms with van der Waals surface area (Å²) in [5, 5.41) is 13.9. The van der Waals surface area contributed by atoms with E-state index in [2.05, 4.69) is 20.8 Å². The molecule has 0 spiro atoms. The molecule has 156 valence electrons. The van der Waals surface area contributed by atoms with Crippen LogP contribution >= 0.6 is 0 Å². The first-order valence-electron chi connectivity index (χ1n) is 9.81. The van der Waals surface area contributed by atoms with Gasteiger partial charge in [0.05, 0.1) is 35.4 Å². The number of rotatable bonds is 6. The first kappa shape index (κ1) is 20.1. The van der Waals surface area contributed by atoms with Crippen molar-refractivity contribution >= 4 is 17.5 Å². The number of carbonyl (C=O) groups is 2. The van der Waals surface area contributed by atoms with Crippen LogP contribution in [-0.4, -0.2) is 37.9 Å². The summed E-state index contributed by atoms with van der Waals surface area (Å²) in [5.41, 5.74) is 4.63. The smallest absolute Gasteiger partial charge is 0.255 e. The van der Waals surface area contributed by atoms with Crippen LogP contribution in [0.3, 0.4) is 0 Å². The highest BCUT2D eigenvalue weighted by Gasteiger charge is 2.16. The monoisotopic (exact) mass is 414 g/mol. The molecule has 0 saturated heterocycles. The number of benzene rings is 2. The minimum absolute atomic E-state index is 0.144. The van der Waals surface area contributed by atoms with Gasteiger partial charge in [-0.05, 0) is 55.8 Å². The quantitative estimate of drug-likeness (QED) is 0.507. The van der Waals surface area contributed by atoms with Crippen molar-refractivity contribution in [3.63, 3.8) is 0 Å². The highest BCUT2D eigenvalue weighted by molar-refractivity contribution is 5.99. The molecule has 31 heavy (non-hydrogen) atoms. The first-order valence-corrected chi connectivity index (χ1v) is 9.81. The van der Waals surface area contributed by atoms with E-state index in [4.69, 9.17) is 0 Å². The number of anilines is 1. The zero-order chi connectivity index (χ0) is 21.8. The molecule has 2 N–H and O–H groups in total. The molecule has 4 rings (SSSR count). The Morgan fingerprint density at radius 2 is 1.74 bits per heavy atom. The summed E-state index contributed by atoms with van der Waals surface area (Å²) < 4.78 is 3.46. The summed E-state index contributed by atoms with van der Waals surface area (Å²) in [6.45, 7) is 3.67. The van der Waals surface area contributed by atoms with Crippen molar-refractivity contribution in [3.8, 4) is 11.4 Å². The Labute approximate surface area is 179 Å². The molecule has 8 nitrogen and oxygen atoms in total. The largest absolute Gasteiger partial charge is 0.343 e. The molecule has 0 fully saturated rings. The minimum atomic E-state index is -0.346. The van der Waals surface area contributed by atoms with E-state index in [0.717, 1.165) is 16.9 Å². The maximum atomic E-state index is 12.6. The van der Waals surface area contributed by atoms with Crippen LogP contribution in [0.4, 0.5) is 5.69 Å². The third-order valence-electron chi connectivity index (χ3n) is 4.93. The number of aromatic nitrogens is 4. The summed E-state index contributed by atoms with van der Waals surface area (Å²) in [4.78, 5) is 24.8. The van der Waals surface area contributed by atoms with E-state index in [9.17, 15) is 9.59 Å². The second-order valence-electron chi connectivity index (χ2n) is 7.07. The second kappa shape index (κ2) is 8.66. The third-order valence-corrected chi connectivity index (χ3v) is 4.93. The minimum Gasteiger partial charge on any atom is -0.343 e. The number of nitrogens with one attached hydrogen (secondary N) is 2. The molecule has 2 amide bonds. The van der Waals surface area contributed by atoms with E-state index in [1.54, 1.807) is 27.7 Å². The fourth-order valence-corrected chi connectivity index (χ4v) is 3.26. The number of hydrogen-bond acceptors (Lipinski definition) is 4. The van der Waals surface area contributed by atoms with Crippen LogP contribution in [0.15, 0.2) is 73.2 Å². The molecule has 0 saturated carbocycles. The van der Waals surface area contributed by atoms with Gasteiger partial charge in [0.2, 0.25) is 5.91 Å². The maximum absolute atomic E-state index is 12.6. The average molecular weight is 414 g/mol. The van der Waals surface area contributed by atoms with Crippen LogP contribution in [0.2, 0.25) is 0 Å². The molecule has 8 heteroatoms. The van der Waals surface area contributed by atoms with Gasteiger partial charge in [-0.15, -0.1) is 0 Å². The van der Waals surface area contributed by atoms with Crippen molar-refractivity contribution in [2.24, 2.45) is 0 Å². The molecular weight excluding hydrogens is 392 g/mol. The fourth-order valence-electron chi connectivity index (χ4n) is 3.26. The van der Waals surface area contributed by atoms with Gasteiger partial charge in [0.25, 0.3) is 5.91 Å². The number of hydrogen-bond donors (Lipinski definition) is 2. The zero-order valence-electron chi connectivity index (χ0n) is 17.2. The number of amides is 2. The van der Waals surface area contributed by atoms with E-state index in [-0.39, 0.29) is 18.4 Å². The Morgan fingerprint density at radius 1 is 0.968 bits per heavy atom. The van der Waals surface area contributed by atoms with Gasteiger partial charge in [-0.2, -0.15) is 10.2 Å². The molecule has 4 aromatic rings. The number of carbonyl (C=O) groups excluding carboxylic acids is 2. The standard InChI is InChI=1S/C23H22N6O2/c1-16-6-3-4-7-21(16)29-17(2)20(14-26-29)23(31)24-15-22(30)27-18-8-10-19(11-9-18)28-13-5-12-25-28/h3-14H,15H2,1-2H3,(H,24,31)(H,27,30). The van der Waals surface area contributed by atoms with Gasteiger partial charge in [0.1, 0.15) is 0 Å². The molecule has 2 aromatic heterocycles. The summed E-state index contributed by atoms with van der Waals surface area (Å²) in [6, 6.07) is 16.9. The molecule has 2 aromatic carbocycles. The molecule has 0 unspecified atom stereocenters. The highest BCUT2D eigenvalue weighted by atomic mass is 16.2. The van der Waals surface area contributed by atoms with Crippen molar-refractivity contribution in [2.75, 3.05) is 11.9 Å². The predicted octanol–water partition coefficient (Wildman–Crippen LogP) is 3.04. The second-order valence-corrected chi connectivity index (χ2v) is 7.07. The van der Waals surface area contributed by atoms with Crippen molar-refractivity contribution in [1.82, 2.24) is 24.9 Å². The molecule has 0 radical (unpaired) electrons. The number of para-hydroxylation sites is 1. The van der Waals surface area contributed by atoms with Gasteiger partial charge in [-0.25, -0.2) is 9.36 Å². The van der Waals surface area contributed by atoms with Crippen molar-refractivity contribution in [1.29, 1.82) is 0 Å². The van der Waals surface area contributed by atoms with Gasteiger partial charge in [-0.3, -0.25) is 9.59 Å². The van der Waals surface area contributed by atoms with Crippen LogP contribution in [0.25, 0.3) is 11.4 Å². The Kier molecular flexibility index (Phi) is 5.61. The molecular formula is C23H22N6O2. The van der Waals surface area contributed by atoms with E-state index in [0.29, 0.717) is 16.9 Å². The van der Waals surface area contributed by atoms with E-state index >= 15 is 0 Å². The van der Waals surface area contributed by atoms with Crippen LogP contribution in [-0.2, 0) is 4.79 Å². The summed E-state index contributed by atoms with van der Waals surface area (Å²) in [7, 11) is 0. The van der Waals surface area contributed by atoms with Crippen LogP contribution in [0.5, 0.6) is 0 Å². The molecule has 0 aliphatic heterocycles. The van der Waals surface area contributed by atoms with E-state index < -0.39 is 0 Å². The van der Waals surface area contributed by atoms with Gasteiger partial charge in [-0.1, -0.05) is 18.2 Å². The van der Waals surface area contributed by atoms with Crippen LogP contribution in [0.1, 0.15) is 21.6 Å². The van der Waals surface area contributed by atoms with E-state index in [1.807, 2.05) is 62.5 Å². The third kappa shape index (κ3) is 4.37. The predicted molar refractivity (Wildman–Crippen MR) is 118 cm³/mol. The van der Waals surface area contributed by atoms with E-state index in [1.165, 1.54) is 6.20 Å². The normalized spacial score (nSPS) is 10.6. The molecule has 0 atom stereocenters.